The third-order valence-corrected chi connectivity index (χ3v) is 4.55. The lowest BCUT2D eigenvalue weighted by Crippen LogP contribution is -2.27. The first-order chi connectivity index (χ1) is 13.2. The number of halogens is 1. The molecule has 7 heteroatoms. The van der Waals surface area contributed by atoms with Crippen molar-refractivity contribution < 1.29 is 9.26 Å². The third-order valence-electron chi connectivity index (χ3n) is 4.55. The highest BCUT2D eigenvalue weighted by atomic mass is 35.5. The van der Waals surface area contributed by atoms with Crippen molar-refractivity contribution in [2.24, 2.45) is 5.73 Å². The van der Waals surface area contributed by atoms with Crippen molar-refractivity contribution in [1.82, 2.24) is 15.0 Å². The van der Waals surface area contributed by atoms with E-state index in [0.29, 0.717) is 24.9 Å². The van der Waals surface area contributed by atoms with Crippen LogP contribution in [-0.2, 0) is 6.54 Å². The molecule has 1 heterocycles. The van der Waals surface area contributed by atoms with E-state index in [4.69, 9.17) is 15.0 Å². The fraction of sp³-hybridized carbons (Fsp3) is 0.333. The minimum Gasteiger partial charge on any atom is -0.492 e. The predicted molar refractivity (Wildman–Crippen MR) is 114 cm³/mol. The van der Waals surface area contributed by atoms with Crippen LogP contribution in [0.25, 0.3) is 22.8 Å². The van der Waals surface area contributed by atoms with E-state index in [-0.39, 0.29) is 12.4 Å². The Morgan fingerprint density at radius 3 is 2.21 bits per heavy atom. The van der Waals surface area contributed by atoms with Gasteiger partial charge in [0.15, 0.2) is 0 Å². The number of nitrogens with zero attached hydrogens (tertiary/aromatic N) is 3. The average Bonchev–Trinajstić information content (AvgIpc) is 3.22. The molecule has 0 bridgehead atoms. The molecule has 0 aliphatic heterocycles. The summed E-state index contributed by atoms with van der Waals surface area (Å²) in [6.45, 7) is 8.49. The Labute approximate surface area is 172 Å². The molecule has 3 aromatic rings. The lowest BCUT2D eigenvalue weighted by molar-refractivity contribution is 0.223. The molecule has 0 saturated carbocycles. The van der Waals surface area contributed by atoms with Crippen LogP contribution in [0.3, 0.4) is 0 Å². The number of ether oxygens (including phenoxy) is 1. The Morgan fingerprint density at radius 2 is 1.61 bits per heavy atom. The van der Waals surface area contributed by atoms with E-state index in [1.165, 1.54) is 0 Å². The molecule has 3 rings (SSSR count). The number of hydrogen-bond acceptors (Lipinski definition) is 6. The van der Waals surface area contributed by atoms with Crippen molar-refractivity contribution in [2.45, 2.75) is 20.4 Å². The number of rotatable bonds is 9. The second-order valence-electron chi connectivity index (χ2n) is 6.22. The Hall–Kier alpha value is -2.41. The highest BCUT2D eigenvalue weighted by Crippen LogP contribution is 2.24. The second kappa shape index (κ2) is 10.8. The van der Waals surface area contributed by atoms with Crippen LogP contribution in [0.5, 0.6) is 5.75 Å². The van der Waals surface area contributed by atoms with Gasteiger partial charge in [0.1, 0.15) is 12.4 Å². The monoisotopic (exact) mass is 402 g/mol. The first kappa shape index (κ1) is 21.9. The number of benzene rings is 2. The van der Waals surface area contributed by atoms with Crippen LogP contribution < -0.4 is 10.5 Å². The Morgan fingerprint density at radius 1 is 0.964 bits per heavy atom. The van der Waals surface area contributed by atoms with Crippen LogP contribution in [0.1, 0.15) is 19.4 Å². The van der Waals surface area contributed by atoms with Crippen LogP contribution in [-0.4, -0.2) is 41.3 Å². The highest BCUT2D eigenvalue weighted by Gasteiger charge is 2.11. The smallest absolute Gasteiger partial charge is 0.258 e. The first-order valence-electron chi connectivity index (χ1n) is 9.32. The van der Waals surface area contributed by atoms with Crippen molar-refractivity contribution >= 4 is 12.4 Å². The maximum absolute atomic E-state index is 5.81. The van der Waals surface area contributed by atoms with Gasteiger partial charge in [0.05, 0.1) is 0 Å². The van der Waals surface area contributed by atoms with Crippen LogP contribution in [0.2, 0.25) is 0 Å². The van der Waals surface area contributed by atoms with Crippen molar-refractivity contribution in [1.29, 1.82) is 0 Å². The molecule has 0 radical (unpaired) electrons. The van der Waals surface area contributed by atoms with E-state index in [0.717, 1.165) is 42.1 Å². The summed E-state index contributed by atoms with van der Waals surface area (Å²) >= 11 is 0. The molecule has 2 N–H and O–H groups in total. The lowest BCUT2D eigenvalue weighted by Gasteiger charge is -2.17. The fourth-order valence-corrected chi connectivity index (χ4v) is 2.77. The average molecular weight is 403 g/mol. The van der Waals surface area contributed by atoms with Gasteiger partial charge in [-0.3, -0.25) is 0 Å². The summed E-state index contributed by atoms with van der Waals surface area (Å²) in [5.41, 5.74) is 8.46. The van der Waals surface area contributed by atoms with E-state index in [2.05, 4.69) is 28.9 Å². The van der Waals surface area contributed by atoms with Crippen LogP contribution in [0.15, 0.2) is 53.1 Å². The van der Waals surface area contributed by atoms with Crippen LogP contribution >= 0.6 is 12.4 Å². The summed E-state index contributed by atoms with van der Waals surface area (Å²) in [5, 5.41) is 4.07. The van der Waals surface area contributed by atoms with Crippen molar-refractivity contribution in [3.05, 3.63) is 54.1 Å². The maximum atomic E-state index is 5.81. The summed E-state index contributed by atoms with van der Waals surface area (Å²) in [7, 11) is 0. The van der Waals surface area contributed by atoms with Gasteiger partial charge in [-0.25, -0.2) is 0 Å². The zero-order chi connectivity index (χ0) is 19.1. The number of hydrogen-bond donors (Lipinski definition) is 1. The molecule has 150 valence electrons. The molecule has 0 aliphatic carbocycles. The number of aromatic nitrogens is 2. The Bertz CT molecular complexity index is 830. The normalized spacial score (nSPS) is 10.7. The molecule has 0 fully saturated rings. The van der Waals surface area contributed by atoms with Crippen molar-refractivity contribution in [2.75, 3.05) is 26.2 Å². The molecule has 0 amide bonds. The van der Waals surface area contributed by atoms with Gasteiger partial charge in [0, 0.05) is 24.2 Å². The molecule has 6 nitrogen and oxygen atoms in total. The van der Waals surface area contributed by atoms with Gasteiger partial charge >= 0.3 is 0 Å². The quantitative estimate of drug-likeness (QED) is 0.582. The first-order valence-corrected chi connectivity index (χ1v) is 9.32. The fourth-order valence-electron chi connectivity index (χ4n) is 2.77. The van der Waals surface area contributed by atoms with E-state index in [1.807, 2.05) is 48.5 Å². The van der Waals surface area contributed by atoms with Crippen molar-refractivity contribution in [3.63, 3.8) is 0 Å². The van der Waals surface area contributed by atoms with Gasteiger partial charge in [-0.2, -0.15) is 4.98 Å². The van der Waals surface area contributed by atoms with Gasteiger partial charge in [-0.15, -0.1) is 12.4 Å². The summed E-state index contributed by atoms with van der Waals surface area (Å²) in [4.78, 5) is 6.81. The molecule has 2 aromatic carbocycles. The van der Waals surface area contributed by atoms with Gasteiger partial charge in [-0.1, -0.05) is 43.3 Å². The Balaban J connectivity index is 0.00000280. The topological polar surface area (TPSA) is 77.4 Å². The molecular weight excluding hydrogens is 376 g/mol. The van der Waals surface area contributed by atoms with Crippen LogP contribution in [0.4, 0.5) is 0 Å². The highest BCUT2D eigenvalue weighted by molar-refractivity contribution is 5.85. The van der Waals surface area contributed by atoms with Crippen molar-refractivity contribution in [3.8, 4) is 28.6 Å². The molecule has 0 unspecified atom stereocenters. The van der Waals surface area contributed by atoms with Gasteiger partial charge in [-0.05, 0) is 42.9 Å². The largest absolute Gasteiger partial charge is 0.492 e. The second-order valence-corrected chi connectivity index (χ2v) is 6.22. The summed E-state index contributed by atoms with van der Waals surface area (Å²) in [6.07, 6.45) is 0. The summed E-state index contributed by atoms with van der Waals surface area (Å²) < 4.78 is 11.2. The minimum absolute atomic E-state index is 0. The molecule has 1 aromatic heterocycles. The van der Waals surface area contributed by atoms with Gasteiger partial charge < -0.3 is 19.9 Å². The minimum atomic E-state index is 0. The molecule has 0 saturated heterocycles. The summed E-state index contributed by atoms with van der Waals surface area (Å²) in [6, 6.07) is 15.6. The van der Waals surface area contributed by atoms with E-state index >= 15 is 0 Å². The lowest BCUT2D eigenvalue weighted by atomic mass is 10.1. The predicted octanol–water partition coefficient (Wildman–Crippen LogP) is 4.00. The molecule has 0 atom stereocenters. The van der Waals surface area contributed by atoms with Crippen LogP contribution in [0, 0.1) is 0 Å². The Kier molecular flexibility index (Phi) is 8.44. The standard InChI is InChI=1S/C21H26N4O2.ClH/c1-3-25(4-2)13-14-26-19-11-9-18(10-12-19)21-23-20(24-27-21)17-7-5-16(15-22)6-8-17;/h5-12H,3-4,13-15,22H2,1-2H3;1H. The van der Waals surface area contributed by atoms with Gasteiger partial charge in [0.25, 0.3) is 5.89 Å². The number of likely N-dealkylation sites (N-methyl/N-ethyl adjacent to an activating group) is 1. The molecule has 0 aliphatic rings. The summed E-state index contributed by atoms with van der Waals surface area (Å²) in [5.74, 6) is 1.89. The molecular formula is C21H27ClN4O2. The third kappa shape index (κ3) is 5.55. The zero-order valence-corrected chi connectivity index (χ0v) is 17.1. The molecule has 0 spiro atoms. The number of nitrogens with two attached hydrogens (primary N) is 1. The zero-order valence-electron chi connectivity index (χ0n) is 16.3. The molecule has 28 heavy (non-hydrogen) atoms. The van der Waals surface area contributed by atoms with E-state index in [9.17, 15) is 0 Å². The maximum Gasteiger partial charge on any atom is 0.258 e. The van der Waals surface area contributed by atoms with E-state index in [1.54, 1.807) is 0 Å². The van der Waals surface area contributed by atoms with Gasteiger partial charge in [0.2, 0.25) is 5.82 Å². The van der Waals surface area contributed by atoms with E-state index < -0.39 is 0 Å². The SMILES string of the molecule is CCN(CC)CCOc1ccc(-c2nc(-c3ccc(CN)cc3)no2)cc1.Cl.